The van der Waals surface area contributed by atoms with Gasteiger partial charge in [0.1, 0.15) is 0 Å². The predicted octanol–water partition coefficient (Wildman–Crippen LogP) is 10.3. The molecule has 1 heterocycles. The van der Waals surface area contributed by atoms with Gasteiger partial charge in [-0.25, -0.2) is 0 Å². The Morgan fingerprint density at radius 3 is 1.73 bits per heavy atom. The van der Waals surface area contributed by atoms with E-state index in [1.54, 1.807) is 0 Å². The minimum absolute atomic E-state index is 0.0392. The molecule has 1 aliphatic heterocycles. The summed E-state index contributed by atoms with van der Waals surface area (Å²) in [5.74, 6) is 6.73. The van der Waals surface area contributed by atoms with Gasteiger partial charge < -0.3 is 13.9 Å². The van der Waals surface area contributed by atoms with Crippen LogP contribution in [0.25, 0.3) is 0 Å². The fourth-order valence-electron chi connectivity index (χ4n) is 6.66. The summed E-state index contributed by atoms with van der Waals surface area (Å²) >= 11 is 0. The molecule has 3 rings (SSSR count). The molecular weight excluding hydrogens is 569 g/mol. The Morgan fingerprint density at radius 2 is 1.22 bits per heavy atom. The molecule has 2 aromatic rings. The molecule has 250 valence electrons. The Balaban J connectivity index is 1.20. The Hall–Kier alpha value is -1.90. The number of unbranched alkanes of at least 4 members (excludes halogenated alkanes) is 12. The molecule has 0 N–H and O–H groups in total. The van der Waals surface area contributed by atoms with Crippen LogP contribution in [-0.4, -0.2) is 33.9 Å². The molecule has 0 amide bonds. The van der Waals surface area contributed by atoms with Crippen molar-refractivity contribution in [1.29, 1.82) is 0 Å². The highest BCUT2D eigenvalue weighted by Gasteiger charge is 2.50. The van der Waals surface area contributed by atoms with E-state index in [2.05, 4.69) is 100 Å². The minimum atomic E-state index is -2.45. The van der Waals surface area contributed by atoms with Crippen LogP contribution in [0.4, 0.5) is 0 Å². The summed E-state index contributed by atoms with van der Waals surface area (Å²) in [5.41, 5.74) is 0. The molecule has 1 aliphatic rings. The summed E-state index contributed by atoms with van der Waals surface area (Å²) < 4.78 is 18.6. The molecule has 45 heavy (non-hydrogen) atoms. The van der Waals surface area contributed by atoms with Crippen molar-refractivity contribution in [2.24, 2.45) is 0 Å². The topological polar surface area (TPSA) is 27.7 Å². The number of hydrogen-bond donors (Lipinski definition) is 0. The Kier molecular flexibility index (Phi) is 18.2. The second kappa shape index (κ2) is 21.8. The van der Waals surface area contributed by atoms with Crippen LogP contribution in [-0.2, 0) is 13.9 Å². The van der Waals surface area contributed by atoms with Gasteiger partial charge in [0.15, 0.2) is 6.29 Å². The van der Waals surface area contributed by atoms with Crippen molar-refractivity contribution >= 4 is 18.7 Å². The van der Waals surface area contributed by atoms with Crippen LogP contribution in [0, 0.1) is 11.8 Å². The SMILES string of the molecule is CC(CCCCCCCCCCCCC#CCCCCOC1CCCCO1)O[Si](c1ccccc1)(c1ccccc1)C(C)(C)C. The minimum Gasteiger partial charge on any atom is -0.405 e. The third kappa shape index (κ3) is 13.8. The normalized spacial score (nSPS) is 16.2. The lowest BCUT2D eigenvalue weighted by molar-refractivity contribution is -0.162. The van der Waals surface area contributed by atoms with Gasteiger partial charge in [0.05, 0.1) is 0 Å². The van der Waals surface area contributed by atoms with Crippen molar-refractivity contribution in [3.05, 3.63) is 60.7 Å². The standard InChI is InChI=1S/C41H64O3Si/c1-37(44-45(41(2,3)4,38-30-22-19-23-31-38)39-32-24-20-25-33-39)29-21-17-15-13-11-9-7-5-6-8-10-12-14-16-18-27-35-42-40-34-26-28-36-43-40/h19-20,22-25,30-33,37,40H,5-11,13,15-18,21,26-29,34-36H2,1-4H3. The second-order valence-electron chi connectivity index (χ2n) is 14.1. The summed E-state index contributed by atoms with van der Waals surface area (Å²) in [5, 5.41) is 2.79. The molecule has 0 aromatic heterocycles. The maximum atomic E-state index is 7.25. The first-order valence-electron chi connectivity index (χ1n) is 18.4. The van der Waals surface area contributed by atoms with Crippen molar-refractivity contribution in [2.75, 3.05) is 13.2 Å². The van der Waals surface area contributed by atoms with Gasteiger partial charge in [0.2, 0.25) is 0 Å². The van der Waals surface area contributed by atoms with Crippen molar-refractivity contribution in [3.8, 4) is 11.8 Å². The van der Waals surface area contributed by atoms with Gasteiger partial charge in [0.25, 0.3) is 8.32 Å². The Morgan fingerprint density at radius 1 is 0.711 bits per heavy atom. The van der Waals surface area contributed by atoms with E-state index < -0.39 is 8.32 Å². The molecule has 1 saturated heterocycles. The van der Waals surface area contributed by atoms with Crippen LogP contribution < -0.4 is 10.4 Å². The molecule has 2 unspecified atom stereocenters. The van der Waals surface area contributed by atoms with E-state index in [1.165, 1.54) is 87.4 Å². The summed E-state index contributed by atoms with van der Waals surface area (Å²) in [6, 6.07) is 22.1. The molecule has 2 aromatic carbocycles. The molecule has 0 saturated carbocycles. The molecule has 4 heteroatoms. The molecule has 1 fully saturated rings. The first-order valence-corrected chi connectivity index (χ1v) is 20.3. The zero-order valence-corrected chi connectivity index (χ0v) is 30.3. The summed E-state index contributed by atoms with van der Waals surface area (Å²) in [7, 11) is -2.45. The smallest absolute Gasteiger partial charge is 0.261 e. The van der Waals surface area contributed by atoms with E-state index in [9.17, 15) is 0 Å². The van der Waals surface area contributed by atoms with E-state index in [-0.39, 0.29) is 17.4 Å². The average molecular weight is 633 g/mol. The highest BCUT2D eigenvalue weighted by molar-refractivity contribution is 6.99. The molecule has 0 aliphatic carbocycles. The summed E-state index contributed by atoms with van der Waals surface area (Å²) in [4.78, 5) is 0. The summed E-state index contributed by atoms with van der Waals surface area (Å²) in [6.45, 7) is 11.1. The fourth-order valence-corrected chi connectivity index (χ4v) is 11.4. The average Bonchev–Trinajstić information content (AvgIpc) is 3.05. The van der Waals surface area contributed by atoms with E-state index in [4.69, 9.17) is 13.9 Å². The summed E-state index contributed by atoms with van der Waals surface area (Å²) in [6.07, 6.45) is 22.6. The van der Waals surface area contributed by atoms with Gasteiger partial charge in [-0.2, -0.15) is 0 Å². The zero-order chi connectivity index (χ0) is 32.1. The largest absolute Gasteiger partial charge is 0.405 e. The highest BCUT2D eigenvalue weighted by Crippen LogP contribution is 2.38. The van der Waals surface area contributed by atoms with Gasteiger partial charge in [0, 0.05) is 32.2 Å². The third-order valence-corrected chi connectivity index (χ3v) is 14.4. The first kappa shape index (κ1) is 37.6. The van der Waals surface area contributed by atoms with Crippen LogP contribution >= 0.6 is 0 Å². The lowest BCUT2D eigenvalue weighted by atomic mass is 10.0. The third-order valence-electron chi connectivity index (χ3n) is 9.22. The van der Waals surface area contributed by atoms with Gasteiger partial charge in [-0.15, -0.1) is 11.8 Å². The Bertz CT molecular complexity index is 1020. The molecule has 0 spiro atoms. The van der Waals surface area contributed by atoms with Crippen LogP contribution in [0.1, 0.15) is 143 Å². The van der Waals surface area contributed by atoms with Crippen LogP contribution in [0.2, 0.25) is 5.04 Å². The van der Waals surface area contributed by atoms with Crippen molar-refractivity contribution in [1.82, 2.24) is 0 Å². The van der Waals surface area contributed by atoms with E-state index in [1.807, 2.05) is 0 Å². The van der Waals surface area contributed by atoms with E-state index in [0.29, 0.717) is 0 Å². The molecule has 0 radical (unpaired) electrons. The van der Waals surface area contributed by atoms with Crippen molar-refractivity contribution in [3.63, 3.8) is 0 Å². The van der Waals surface area contributed by atoms with Gasteiger partial charge in [-0.3, -0.25) is 0 Å². The fraction of sp³-hybridized carbons (Fsp3) is 0.659. The van der Waals surface area contributed by atoms with E-state index >= 15 is 0 Å². The number of benzene rings is 2. The van der Waals surface area contributed by atoms with Crippen molar-refractivity contribution in [2.45, 2.75) is 161 Å². The predicted molar refractivity (Wildman–Crippen MR) is 195 cm³/mol. The monoisotopic (exact) mass is 632 g/mol. The Labute approximate surface area is 278 Å². The van der Waals surface area contributed by atoms with Gasteiger partial charge in [-0.1, -0.05) is 139 Å². The van der Waals surface area contributed by atoms with Gasteiger partial charge in [-0.05, 0) is 67.3 Å². The molecule has 2 atom stereocenters. The maximum Gasteiger partial charge on any atom is 0.261 e. The number of hydrogen-bond acceptors (Lipinski definition) is 3. The molecular formula is C41H64O3Si. The van der Waals surface area contributed by atoms with Crippen LogP contribution in [0.3, 0.4) is 0 Å². The van der Waals surface area contributed by atoms with Gasteiger partial charge >= 0.3 is 0 Å². The number of rotatable bonds is 21. The van der Waals surface area contributed by atoms with Crippen LogP contribution in [0.15, 0.2) is 60.7 Å². The zero-order valence-electron chi connectivity index (χ0n) is 29.3. The maximum absolute atomic E-state index is 7.25. The second-order valence-corrected chi connectivity index (χ2v) is 18.4. The number of ether oxygens (including phenoxy) is 2. The van der Waals surface area contributed by atoms with E-state index in [0.717, 1.165) is 51.7 Å². The van der Waals surface area contributed by atoms with Crippen molar-refractivity contribution < 1.29 is 13.9 Å². The highest BCUT2D eigenvalue weighted by atomic mass is 28.4. The quantitative estimate of drug-likeness (QED) is 0.0779. The van der Waals surface area contributed by atoms with Crippen LogP contribution in [0.5, 0.6) is 0 Å². The molecule has 0 bridgehead atoms. The lowest BCUT2D eigenvalue weighted by Gasteiger charge is -2.44. The molecule has 3 nitrogen and oxygen atoms in total. The first-order chi connectivity index (χ1) is 21.9. The lowest BCUT2D eigenvalue weighted by Crippen LogP contribution is -2.67.